The lowest BCUT2D eigenvalue weighted by Crippen LogP contribution is -2.52. The van der Waals surface area contributed by atoms with Crippen LogP contribution in [0.5, 0.6) is 0 Å². The predicted molar refractivity (Wildman–Crippen MR) is 125 cm³/mol. The van der Waals surface area contributed by atoms with Crippen molar-refractivity contribution in [3.8, 4) is 0 Å². The van der Waals surface area contributed by atoms with Crippen molar-refractivity contribution in [2.75, 3.05) is 25.0 Å². The zero-order valence-corrected chi connectivity index (χ0v) is 18.9. The summed E-state index contributed by atoms with van der Waals surface area (Å²) in [5.41, 5.74) is 1.86. The Morgan fingerprint density at radius 3 is 2.55 bits per heavy atom. The van der Waals surface area contributed by atoms with E-state index >= 15 is 0 Å². The van der Waals surface area contributed by atoms with Gasteiger partial charge in [-0.3, -0.25) is 14.5 Å². The largest absolute Gasteiger partial charge is 0.391 e. The van der Waals surface area contributed by atoms with Gasteiger partial charge in [-0.05, 0) is 42.9 Å². The normalized spacial score (nSPS) is 27.8. The molecule has 1 unspecified atom stereocenters. The van der Waals surface area contributed by atoms with E-state index in [2.05, 4.69) is 28.4 Å². The van der Waals surface area contributed by atoms with Crippen molar-refractivity contribution in [3.05, 3.63) is 65.2 Å². The first-order valence-electron chi connectivity index (χ1n) is 11.8. The Hall–Kier alpha value is -2.74. The average Bonchev–Trinajstić information content (AvgIpc) is 3.06. The number of anilines is 1. The van der Waals surface area contributed by atoms with E-state index in [1.807, 2.05) is 18.2 Å². The Labute approximate surface area is 194 Å². The summed E-state index contributed by atoms with van der Waals surface area (Å²) >= 11 is 0. The molecule has 1 fully saturated rings. The van der Waals surface area contributed by atoms with Gasteiger partial charge in [0.05, 0.1) is 24.3 Å². The number of para-hydroxylation sites is 1. The first-order chi connectivity index (χ1) is 15.9. The quantitative estimate of drug-likeness (QED) is 0.663. The highest BCUT2D eigenvalue weighted by Crippen LogP contribution is 2.45. The maximum absolute atomic E-state index is 13.5. The van der Waals surface area contributed by atoms with Crippen LogP contribution in [0.25, 0.3) is 0 Å². The summed E-state index contributed by atoms with van der Waals surface area (Å²) in [5.74, 6) is -0.795. The molecular formula is C26H31N3O4. The van der Waals surface area contributed by atoms with Gasteiger partial charge in [-0.25, -0.2) is 0 Å². The molecule has 0 aromatic heterocycles. The molecule has 0 radical (unpaired) electrons. The van der Waals surface area contributed by atoms with E-state index in [1.54, 1.807) is 17.0 Å². The standard InChI is InChI=1S/C26H31N3O4/c1-27-23(31)16-26(33)20-8-4-5-9-21(20)29(25(26)32)18-12-14-28(15-13-18)24-19-7-3-2-6-17(19)10-11-22(24)30/h2-9,18,22,24,30,33H,10-16H2,1H3,(H,27,31)/t22-,24-,26?/m0/s1. The molecule has 7 nitrogen and oxygen atoms in total. The minimum absolute atomic E-state index is 0.0253. The fraction of sp³-hybridized carbons (Fsp3) is 0.462. The van der Waals surface area contributed by atoms with Gasteiger partial charge in [-0.1, -0.05) is 42.5 Å². The SMILES string of the molecule is CNC(=O)CC1(O)C(=O)N(C2CCN([C@H]3c4ccccc4CC[C@@H]3O)CC2)c2ccccc21. The Bertz CT molecular complexity index is 1070. The van der Waals surface area contributed by atoms with Gasteiger partial charge >= 0.3 is 0 Å². The number of carbonyl (C=O) groups excluding carboxylic acids is 2. The molecular weight excluding hydrogens is 418 g/mol. The average molecular weight is 450 g/mol. The van der Waals surface area contributed by atoms with Crippen molar-refractivity contribution < 1.29 is 19.8 Å². The monoisotopic (exact) mass is 449 g/mol. The number of rotatable bonds is 4. The van der Waals surface area contributed by atoms with Crippen molar-refractivity contribution in [1.29, 1.82) is 0 Å². The number of amides is 2. The Morgan fingerprint density at radius 1 is 1.09 bits per heavy atom. The van der Waals surface area contributed by atoms with Gasteiger partial charge in [-0.15, -0.1) is 0 Å². The number of aliphatic hydroxyl groups excluding tert-OH is 1. The number of nitrogens with one attached hydrogen (secondary N) is 1. The molecule has 0 saturated carbocycles. The van der Waals surface area contributed by atoms with Gasteiger partial charge < -0.3 is 20.4 Å². The van der Waals surface area contributed by atoms with E-state index in [1.165, 1.54) is 18.2 Å². The van der Waals surface area contributed by atoms with E-state index in [9.17, 15) is 19.8 Å². The molecule has 1 saturated heterocycles. The molecule has 2 heterocycles. The van der Waals surface area contributed by atoms with Crippen LogP contribution in [0, 0.1) is 0 Å². The third-order valence-corrected chi connectivity index (χ3v) is 7.58. The Balaban J connectivity index is 1.37. The van der Waals surface area contributed by atoms with E-state index in [-0.39, 0.29) is 24.4 Å². The van der Waals surface area contributed by atoms with Crippen LogP contribution in [0.1, 0.15) is 48.4 Å². The van der Waals surface area contributed by atoms with Crippen LogP contribution < -0.4 is 10.2 Å². The van der Waals surface area contributed by atoms with Gasteiger partial charge in [-0.2, -0.15) is 0 Å². The van der Waals surface area contributed by atoms with Crippen molar-refractivity contribution in [2.45, 2.75) is 55.9 Å². The molecule has 3 aliphatic rings. The molecule has 2 amide bonds. The third kappa shape index (κ3) is 3.64. The van der Waals surface area contributed by atoms with Gasteiger partial charge in [0.15, 0.2) is 5.60 Å². The molecule has 2 aliphatic heterocycles. The number of fused-ring (bicyclic) bond motifs is 2. The van der Waals surface area contributed by atoms with Crippen LogP contribution in [0.2, 0.25) is 0 Å². The lowest BCUT2D eigenvalue weighted by Gasteiger charge is -2.44. The number of likely N-dealkylation sites (tertiary alicyclic amines) is 1. The molecule has 0 spiro atoms. The highest BCUT2D eigenvalue weighted by molar-refractivity contribution is 6.09. The molecule has 3 N–H and O–H groups in total. The van der Waals surface area contributed by atoms with Crippen LogP contribution in [0.3, 0.4) is 0 Å². The van der Waals surface area contributed by atoms with Crippen molar-refractivity contribution in [1.82, 2.24) is 10.2 Å². The first-order valence-corrected chi connectivity index (χ1v) is 11.8. The summed E-state index contributed by atoms with van der Waals surface area (Å²) in [6, 6.07) is 15.5. The summed E-state index contributed by atoms with van der Waals surface area (Å²) in [6.07, 6.45) is 2.44. The molecule has 0 bridgehead atoms. The second-order valence-electron chi connectivity index (χ2n) is 9.42. The summed E-state index contributed by atoms with van der Waals surface area (Å²) in [4.78, 5) is 29.6. The van der Waals surface area contributed by atoms with E-state index in [0.29, 0.717) is 11.3 Å². The Kier molecular flexibility index (Phi) is 5.72. The summed E-state index contributed by atoms with van der Waals surface area (Å²) in [7, 11) is 1.50. The van der Waals surface area contributed by atoms with Crippen LogP contribution in [0.15, 0.2) is 48.5 Å². The topological polar surface area (TPSA) is 93.1 Å². The van der Waals surface area contributed by atoms with Crippen LogP contribution in [0.4, 0.5) is 5.69 Å². The van der Waals surface area contributed by atoms with Gasteiger partial charge in [0.2, 0.25) is 5.91 Å². The molecule has 7 heteroatoms. The fourth-order valence-corrected chi connectivity index (χ4v) is 5.89. The molecule has 33 heavy (non-hydrogen) atoms. The third-order valence-electron chi connectivity index (χ3n) is 7.58. The highest BCUT2D eigenvalue weighted by Gasteiger charge is 2.53. The van der Waals surface area contributed by atoms with E-state index < -0.39 is 17.6 Å². The number of aliphatic hydroxyl groups is 2. The van der Waals surface area contributed by atoms with Crippen molar-refractivity contribution in [2.24, 2.45) is 0 Å². The fourth-order valence-electron chi connectivity index (χ4n) is 5.89. The second-order valence-corrected chi connectivity index (χ2v) is 9.42. The smallest absolute Gasteiger partial charge is 0.264 e. The second kappa shape index (κ2) is 8.56. The lowest BCUT2D eigenvalue weighted by molar-refractivity contribution is -0.143. The molecule has 5 rings (SSSR count). The maximum Gasteiger partial charge on any atom is 0.264 e. The minimum atomic E-state index is -1.84. The van der Waals surface area contributed by atoms with Gasteiger partial charge in [0.1, 0.15) is 0 Å². The number of hydrogen-bond donors (Lipinski definition) is 3. The maximum atomic E-state index is 13.5. The zero-order valence-electron chi connectivity index (χ0n) is 18.9. The lowest BCUT2D eigenvalue weighted by atomic mass is 9.83. The van der Waals surface area contributed by atoms with Crippen molar-refractivity contribution in [3.63, 3.8) is 0 Å². The number of piperidine rings is 1. The molecule has 1 aliphatic carbocycles. The number of nitrogens with zero attached hydrogens (tertiary/aromatic N) is 2. The highest BCUT2D eigenvalue weighted by atomic mass is 16.3. The van der Waals surface area contributed by atoms with E-state index in [4.69, 9.17) is 0 Å². The minimum Gasteiger partial charge on any atom is -0.391 e. The number of benzene rings is 2. The van der Waals surface area contributed by atoms with Crippen LogP contribution in [-0.4, -0.2) is 59.2 Å². The van der Waals surface area contributed by atoms with E-state index in [0.717, 1.165) is 38.8 Å². The Morgan fingerprint density at radius 2 is 1.79 bits per heavy atom. The summed E-state index contributed by atoms with van der Waals surface area (Å²) in [5, 5.41) is 24.7. The molecule has 3 atom stereocenters. The number of hydrogen-bond acceptors (Lipinski definition) is 5. The molecule has 174 valence electrons. The summed E-state index contributed by atoms with van der Waals surface area (Å²) < 4.78 is 0. The summed E-state index contributed by atoms with van der Waals surface area (Å²) in [6.45, 7) is 1.50. The molecule has 2 aromatic rings. The van der Waals surface area contributed by atoms with Gasteiger partial charge in [0, 0.05) is 31.7 Å². The van der Waals surface area contributed by atoms with Crippen LogP contribution >= 0.6 is 0 Å². The predicted octanol–water partition coefficient (Wildman–Crippen LogP) is 1.87. The molecule has 2 aromatic carbocycles. The van der Waals surface area contributed by atoms with Gasteiger partial charge in [0.25, 0.3) is 5.91 Å². The van der Waals surface area contributed by atoms with Crippen molar-refractivity contribution >= 4 is 17.5 Å². The van der Waals surface area contributed by atoms with Crippen LogP contribution in [-0.2, 0) is 21.6 Å². The first kappa shape index (κ1) is 22.1. The number of aryl methyl sites for hydroxylation is 1. The number of carbonyl (C=O) groups is 2. The zero-order chi connectivity index (χ0) is 23.2.